The van der Waals surface area contributed by atoms with Crippen LogP contribution in [0.3, 0.4) is 0 Å². The molecule has 132 valence electrons. The molecule has 0 aliphatic carbocycles. The molecule has 2 N–H and O–H groups in total. The Morgan fingerprint density at radius 2 is 1.73 bits per heavy atom. The van der Waals surface area contributed by atoms with Crippen LogP contribution in [0.15, 0.2) is 66.9 Å². The Balaban J connectivity index is 1.60. The van der Waals surface area contributed by atoms with Crippen molar-refractivity contribution in [1.82, 2.24) is 10.3 Å². The van der Waals surface area contributed by atoms with Gasteiger partial charge in [-0.05, 0) is 37.3 Å². The van der Waals surface area contributed by atoms with E-state index in [4.69, 9.17) is 4.74 Å². The van der Waals surface area contributed by atoms with E-state index in [2.05, 4.69) is 15.6 Å². The molecule has 1 heterocycles. The van der Waals surface area contributed by atoms with Gasteiger partial charge in [0.15, 0.2) is 0 Å². The number of carbonyl (C=O) groups excluding carboxylic acids is 1. The number of methoxy groups -OCH3 is 1. The molecule has 2 aromatic carbocycles. The summed E-state index contributed by atoms with van der Waals surface area (Å²) < 4.78 is 5.29. The molecule has 5 nitrogen and oxygen atoms in total. The molecule has 3 rings (SSSR count). The van der Waals surface area contributed by atoms with Gasteiger partial charge >= 0.3 is 0 Å². The standard InChI is InChI=1S/C21H21N3O2/c1-15-7-9-17(10-8-15)24-18-11-12-19(22-14-18)21(25)23-13-16-5-3-4-6-20(16)26-2/h3-12,14,24H,13H2,1-2H3,(H,23,25). The first kappa shape index (κ1) is 17.5. The van der Waals surface area contributed by atoms with Gasteiger partial charge in [-0.2, -0.15) is 0 Å². The highest BCUT2D eigenvalue weighted by Crippen LogP contribution is 2.18. The summed E-state index contributed by atoms with van der Waals surface area (Å²) in [5.74, 6) is 0.524. The molecule has 0 bridgehead atoms. The topological polar surface area (TPSA) is 63.2 Å². The highest BCUT2D eigenvalue weighted by Gasteiger charge is 2.09. The van der Waals surface area contributed by atoms with Crippen LogP contribution in [-0.4, -0.2) is 18.0 Å². The van der Waals surface area contributed by atoms with Crippen molar-refractivity contribution in [3.8, 4) is 5.75 Å². The summed E-state index contributed by atoms with van der Waals surface area (Å²) in [5.41, 5.74) is 4.30. The number of para-hydroxylation sites is 1. The van der Waals surface area contributed by atoms with E-state index < -0.39 is 0 Å². The number of benzene rings is 2. The van der Waals surface area contributed by atoms with Crippen LogP contribution < -0.4 is 15.4 Å². The van der Waals surface area contributed by atoms with Gasteiger partial charge in [-0.1, -0.05) is 35.9 Å². The molecular formula is C21H21N3O2. The van der Waals surface area contributed by atoms with Crippen molar-refractivity contribution in [2.75, 3.05) is 12.4 Å². The van der Waals surface area contributed by atoms with Gasteiger partial charge in [-0.3, -0.25) is 4.79 Å². The van der Waals surface area contributed by atoms with Gasteiger partial charge in [-0.25, -0.2) is 4.98 Å². The fourth-order valence-corrected chi connectivity index (χ4v) is 2.52. The van der Waals surface area contributed by atoms with Gasteiger partial charge in [0.05, 0.1) is 19.0 Å². The first-order valence-electron chi connectivity index (χ1n) is 8.35. The second kappa shape index (κ2) is 8.16. The predicted molar refractivity (Wildman–Crippen MR) is 103 cm³/mol. The fourth-order valence-electron chi connectivity index (χ4n) is 2.52. The average molecular weight is 347 g/mol. The van der Waals surface area contributed by atoms with Crippen molar-refractivity contribution in [2.45, 2.75) is 13.5 Å². The molecule has 3 aromatic rings. The third-order valence-electron chi connectivity index (χ3n) is 3.97. The lowest BCUT2D eigenvalue weighted by Gasteiger charge is -2.10. The Bertz CT molecular complexity index is 875. The summed E-state index contributed by atoms with van der Waals surface area (Å²) >= 11 is 0. The van der Waals surface area contributed by atoms with E-state index in [1.54, 1.807) is 19.4 Å². The number of carbonyl (C=O) groups is 1. The number of amides is 1. The minimum absolute atomic E-state index is 0.224. The lowest BCUT2D eigenvalue weighted by molar-refractivity contribution is 0.0945. The number of hydrogen-bond acceptors (Lipinski definition) is 4. The summed E-state index contributed by atoms with van der Waals surface area (Å²) in [6.07, 6.45) is 1.65. The van der Waals surface area contributed by atoms with Crippen molar-refractivity contribution in [2.24, 2.45) is 0 Å². The van der Waals surface area contributed by atoms with Crippen molar-refractivity contribution < 1.29 is 9.53 Å². The Hall–Kier alpha value is -3.34. The number of aryl methyl sites for hydroxylation is 1. The number of rotatable bonds is 6. The van der Waals surface area contributed by atoms with Gasteiger partial charge in [-0.15, -0.1) is 0 Å². The number of nitrogens with one attached hydrogen (secondary N) is 2. The summed E-state index contributed by atoms with van der Waals surface area (Å²) in [7, 11) is 1.61. The van der Waals surface area contributed by atoms with E-state index >= 15 is 0 Å². The summed E-state index contributed by atoms with van der Waals surface area (Å²) in [6, 6.07) is 19.2. The molecule has 1 aromatic heterocycles. The molecule has 0 radical (unpaired) electrons. The number of anilines is 2. The fraction of sp³-hybridized carbons (Fsp3) is 0.143. The zero-order chi connectivity index (χ0) is 18.4. The zero-order valence-corrected chi connectivity index (χ0v) is 14.8. The van der Waals surface area contributed by atoms with E-state index in [1.165, 1.54) is 5.56 Å². The van der Waals surface area contributed by atoms with Gasteiger partial charge in [0.25, 0.3) is 5.91 Å². The molecular weight excluding hydrogens is 326 g/mol. The smallest absolute Gasteiger partial charge is 0.270 e. The number of hydrogen-bond donors (Lipinski definition) is 2. The van der Waals surface area contributed by atoms with Gasteiger partial charge in [0, 0.05) is 17.8 Å². The largest absolute Gasteiger partial charge is 0.496 e. The van der Waals surface area contributed by atoms with Crippen LogP contribution in [0.2, 0.25) is 0 Å². The minimum atomic E-state index is -0.224. The summed E-state index contributed by atoms with van der Waals surface area (Å²) in [4.78, 5) is 16.5. The first-order chi connectivity index (χ1) is 12.7. The van der Waals surface area contributed by atoms with Crippen molar-refractivity contribution in [1.29, 1.82) is 0 Å². The number of pyridine rings is 1. The normalized spacial score (nSPS) is 10.2. The molecule has 0 saturated heterocycles. The SMILES string of the molecule is COc1ccccc1CNC(=O)c1ccc(Nc2ccc(C)cc2)cn1. The van der Waals surface area contributed by atoms with Crippen molar-refractivity contribution >= 4 is 17.3 Å². The number of nitrogens with zero attached hydrogens (tertiary/aromatic N) is 1. The maximum Gasteiger partial charge on any atom is 0.270 e. The van der Waals surface area contributed by atoms with Crippen LogP contribution >= 0.6 is 0 Å². The third-order valence-corrected chi connectivity index (χ3v) is 3.97. The first-order valence-corrected chi connectivity index (χ1v) is 8.35. The molecule has 0 saturated carbocycles. The lowest BCUT2D eigenvalue weighted by Crippen LogP contribution is -2.24. The van der Waals surface area contributed by atoms with E-state index in [9.17, 15) is 4.79 Å². The van der Waals surface area contributed by atoms with Crippen LogP contribution in [0.4, 0.5) is 11.4 Å². The summed E-state index contributed by atoms with van der Waals surface area (Å²) in [6.45, 7) is 2.43. The summed E-state index contributed by atoms with van der Waals surface area (Å²) in [5, 5.41) is 6.12. The van der Waals surface area contributed by atoms with Crippen molar-refractivity contribution in [3.05, 3.63) is 83.7 Å². The van der Waals surface area contributed by atoms with Gasteiger partial charge < -0.3 is 15.4 Å². The monoisotopic (exact) mass is 347 g/mol. The maximum absolute atomic E-state index is 12.3. The molecule has 0 spiro atoms. The van der Waals surface area contributed by atoms with E-state index in [0.717, 1.165) is 22.7 Å². The third kappa shape index (κ3) is 4.39. The lowest BCUT2D eigenvalue weighted by atomic mass is 10.2. The number of ether oxygens (including phenoxy) is 1. The second-order valence-electron chi connectivity index (χ2n) is 5.92. The molecule has 5 heteroatoms. The quantitative estimate of drug-likeness (QED) is 0.705. The van der Waals surface area contributed by atoms with Gasteiger partial charge in [0.1, 0.15) is 11.4 Å². The highest BCUT2D eigenvalue weighted by molar-refractivity contribution is 5.92. The van der Waals surface area contributed by atoms with E-state index in [1.807, 2.05) is 61.5 Å². The second-order valence-corrected chi connectivity index (χ2v) is 5.92. The van der Waals surface area contributed by atoms with Crippen molar-refractivity contribution in [3.63, 3.8) is 0 Å². The molecule has 0 aliphatic heterocycles. The van der Waals surface area contributed by atoms with Crippen LogP contribution in [0.1, 0.15) is 21.6 Å². The van der Waals surface area contributed by atoms with Crippen LogP contribution in [-0.2, 0) is 6.54 Å². The number of aromatic nitrogens is 1. The molecule has 0 atom stereocenters. The maximum atomic E-state index is 12.3. The Kier molecular flexibility index (Phi) is 5.49. The highest BCUT2D eigenvalue weighted by atomic mass is 16.5. The van der Waals surface area contributed by atoms with Crippen LogP contribution in [0.25, 0.3) is 0 Å². The van der Waals surface area contributed by atoms with Crippen LogP contribution in [0, 0.1) is 6.92 Å². The van der Waals surface area contributed by atoms with Gasteiger partial charge in [0.2, 0.25) is 0 Å². The molecule has 0 fully saturated rings. The van der Waals surface area contributed by atoms with Crippen LogP contribution in [0.5, 0.6) is 5.75 Å². The van der Waals surface area contributed by atoms with E-state index in [0.29, 0.717) is 12.2 Å². The zero-order valence-electron chi connectivity index (χ0n) is 14.8. The average Bonchev–Trinajstić information content (AvgIpc) is 2.68. The molecule has 26 heavy (non-hydrogen) atoms. The van der Waals surface area contributed by atoms with E-state index in [-0.39, 0.29) is 5.91 Å². The minimum Gasteiger partial charge on any atom is -0.496 e. The predicted octanol–water partition coefficient (Wildman–Crippen LogP) is 4.07. The molecule has 0 aliphatic rings. The Morgan fingerprint density at radius 1 is 1.00 bits per heavy atom. The Labute approximate surface area is 153 Å². The molecule has 0 unspecified atom stereocenters. The Morgan fingerprint density at radius 3 is 2.42 bits per heavy atom. The molecule has 1 amide bonds.